The molecule has 0 bridgehead atoms. The Balaban J connectivity index is 1.61. The van der Waals surface area contributed by atoms with Crippen LogP contribution in [0, 0.1) is 11.3 Å². The number of aromatic nitrogens is 3. The molecular formula is C19H22N6O3. The van der Waals surface area contributed by atoms with E-state index in [2.05, 4.69) is 15.0 Å². The van der Waals surface area contributed by atoms with Crippen molar-refractivity contribution in [3.05, 3.63) is 42.1 Å². The Morgan fingerprint density at radius 3 is 2.39 bits per heavy atom. The van der Waals surface area contributed by atoms with Crippen LogP contribution in [0.2, 0.25) is 0 Å². The average molecular weight is 382 g/mol. The van der Waals surface area contributed by atoms with E-state index in [1.165, 1.54) is 13.3 Å². The fourth-order valence-corrected chi connectivity index (χ4v) is 3.10. The molecule has 9 heteroatoms. The number of methoxy groups -OCH3 is 1. The van der Waals surface area contributed by atoms with Crippen LogP contribution in [-0.2, 0) is 9.53 Å². The Hall–Kier alpha value is -3.36. The van der Waals surface area contributed by atoms with Crippen LogP contribution in [0.4, 0.5) is 0 Å². The Kier molecular flexibility index (Phi) is 5.93. The molecule has 1 aliphatic rings. The van der Waals surface area contributed by atoms with Crippen LogP contribution in [0.1, 0.15) is 35.4 Å². The van der Waals surface area contributed by atoms with Gasteiger partial charge in [0.05, 0.1) is 12.8 Å². The quantitative estimate of drug-likeness (QED) is 0.451. The maximum absolute atomic E-state index is 12.6. The molecule has 28 heavy (non-hydrogen) atoms. The fourth-order valence-electron chi connectivity index (χ4n) is 3.10. The number of ether oxygens (including phenoxy) is 1. The summed E-state index contributed by atoms with van der Waals surface area (Å²) >= 11 is 0. The summed E-state index contributed by atoms with van der Waals surface area (Å²) in [5.74, 6) is -0.109. The molecule has 2 aromatic rings. The molecule has 1 aliphatic heterocycles. The number of nitrogens with one attached hydrogen (secondary N) is 1. The number of nitrogen functional groups attached to an aromatic ring is 1. The van der Waals surface area contributed by atoms with Gasteiger partial charge in [0.1, 0.15) is 5.84 Å². The first kappa shape index (κ1) is 19.4. The minimum atomic E-state index is -0.219. The second-order valence-electron chi connectivity index (χ2n) is 6.66. The normalized spacial score (nSPS) is 14.5. The van der Waals surface area contributed by atoms with Crippen molar-refractivity contribution in [1.82, 2.24) is 19.9 Å². The van der Waals surface area contributed by atoms with Crippen molar-refractivity contribution in [3.63, 3.8) is 0 Å². The van der Waals surface area contributed by atoms with E-state index < -0.39 is 0 Å². The Morgan fingerprint density at radius 1 is 1.18 bits per heavy atom. The second-order valence-corrected chi connectivity index (χ2v) is 6.66. The molecule has 0 atom stereocenters. The van der Waals surface area contributed by atoms with Crippen LogP contribution in [0.3, 0.4) is 0 Å². The molecule has 3 N–H and O–H groups in total. The molecule has 1 saturated heterocycles. The van der Waals surface area contributed by atoms with Gasteiger partial charge in [0, 0.05) is 49.2 Å². The van der Waals surface area contributed by atoms with Gasteiger partial charge in [-0.1, -0.05) is 0 Å². The van der Waals surface area contributed by atoms with E-state index in [9.17, 15) is 9.59 Å². The van der Waals surface area contributed by atoms with Gasteiger partial charge in [-0.2, -0.15) is 0 Å². The monoisotopic (exact) mass is 382 g/mol. The van der Waals surface area contributed by atoms with Gasteiger partial charge >= 0.3 is 5.97 Å². The Morgan fingerprint density at radius 2 is 1.86 bits per heavy atom. The highest BCUT2D eigenvalue weighted by Crippen LogP contribution is 2.22. The molecule has 146 valence electrons. The zero-order valence-corrected chi connectivity index (χ0v) is 15.6. The van der Waals surface area contributed by atoms with E-state index >= 15 is 0 Å². The molecule has 0 spiro atoms. The van der Waals surface area contributed by atoms with Crippen LogP contribution >= 0.6 is 0 Å². The number of esters is 1. The number of hydrogen-bond donors (Lipinski definition) is 2. The fraction of sp³-hybridized carbons (Fsp3) is 0.368. The Bertz CT molecular complexity index is 858. The number of likely N-dealkylation sites (tertiary alicyclic amines) is 1. The van der Waals surface area contributed by atoms with E-state index in [1.54, 1.807) is 29.4 Å². The minimum absolute atomic E-state index is 0.0494. The van der Waals surface area contributed by atoms with Crippen molar-refractivity contribution in [3.8, 4) is 11.3 Å². The van der Waals surface area contributed by atoms with Crippen LogP contribution < -0.4 is 5.73 Å². The standard InChI is InChI=1S/C19H22N6O3/c1-28-16(26)8-12-4-6-25(7-5-12)19(27)18-23-10-14(11-24-18)15-3-2-13(9-22-15)17(20)21/h2-3,9-12H,4-8H2,1H3,(H3,20,21). The molecule has 3 rings (SSSR count). The zero-order chi connectivity index (χ0) is 20.1. The van der Waals surface area contributed by atoms with Gasteiger partial charge in [-0.25, -0.2) is 9.97 Å². The summed E-state index contributed by atoms with van der Waals surface area (Å²) in [6.07, 6.45) is 6.52. The molecule has 0 unspecified atom stereocenters. The third-order valence-corrected chi connectivity index (χ3v) is 4.80. The van der Waals surface area contributed by atoms with E-state index in [1.807, 2.05) is 0 Å². The summed E-state index contributed by atoms with van der Waals surface area (Å²) in [4.78, 5) is 38.3. The lowest BCUT2D eigenvalue weighted by Crippen LogP contribution is -2.39. The molecule has 2 aromatic heterocycles. The average Bonchev–Trinajstić information content (AvgIpc) is 2.74. The van der Waals surface area contributed by atoms with Gasteiger partial charge in [0.25, 0.3) is 5.91 Å². The molecule has 0 aromatic carbocycles. The molecular weight excluding hydrogens is 360 g/mol. The number of amides is 1. The molecule has 9 nitrogen and oxygen atoms in total. The predicted molar refractivity (Wildman–Crippen MR) is 102 cm³/mol. The lowest BCUT2D eigenvalue weighted by Gasteiger charge is -2.31. The number of carbonyl (C=O) groups excluding carboxylic acids is 2. The maximum Gasteiger partial charge on any atom is 0.305 e. The summed E-state index contributed by atoms with van der Waals surface area (Å²) in [7, 11) is 1.38. The number of nitrogens with zero attached hydrogens (tertiary/aromatic N) is 4. The van der Waals surface area contributed by atoms with Crippen molar-refractivity contribution in [1.29, 1.82) is 5.41 Å². The minimum Gasteiger partial charge on any atom is -0.469 e. The largest absolute Gasteiger partial charge is 0.469 e. The topological polar surface area (TPSA) is 135 Å². The Labute approximate surface area is 162 Å². The number of nitrogens with two attached hydrogens (primary N) is 1. The number of carbonyl (C=O) groups is 2. The molecule has 1 fully saturated rings. The lowest BCUT2D eigenvalue weighted by atomic mass is 9.93. The maximum atomic E-state index is 12.6. The van der Waals surface area contributed by atoms with E-state index in [4.69, 9.17) is 15.9 Å². The van der Waals surface area contributed by atoms with Gasteiger partial charge in [0.2, 0.25) is 5.82 Å². The lowest BCUT2D eigenvalue weighted by molar-refractivity contribution is -0.142. The number of piperidine rings is 1. The van der Waals surface area contributed by atoms with Crippen LogP contribution in [0.25, 0.3) is 11.3 Å². The first-order valence-corrected chi connectivity index (χ1v) is 8.97. The van der Waals surface area contributed by atoms with Crippen molar-refractivity contribution < 1.29 is 14.3 Å². The number of hydrogen-bond acceptors (Lipinski definition) is 7. The molecule has 3 heterocycles. The van der Waals surface area contributed by atoms with Crippen LogP contribution in [0.5, 0.6) is 0 Å². The highest BCUT2D eigenvalue weighted by atomic mass is 16.5. The summed E-state index contributed by atoms with van der Waals surface area (Å²) in [5.41, 5.74) is 7.26. The second kappa shape index (κ2) is 8.55. The zero-order valence-electron chi connectivity index (χ0n) is 15.6. The third-order valence-electron chi connectivity index (χ3n) is 4.80. The smallest absolute Gasteiger partial charge is 0.305 e. The van der Waals surface area contributed by atoms with Gasteiger partial charge in [-0.3, -0.25) is 20.0 Å². The number of pyridine rings is 1. The highest BCUT2D eigenvalue weighted by Gasteiger charge is 2.26. The van der Waals surface area contributed by atoms with E-state index in [-0.39, 0.29) is 29.5 Å². The van der Waals surface area contributed by atoms with Crippen molar-refractivity contribution in [2.24, 2.45) is 11.7 Å². The van der Waals surface area contributed by atoms with Crippen molar-refractivity contribution in [2.45, 2.75) is 19.3 Å². The van der Waals surface area contributed by atoms with E-state index in [0.717, 1.165) is 12.8 Å². The number of rotatable bonds is 5. The number of amidine groups is 1. The van der Waals surface area contributed by atoms with Crippen LogP contribution in [-0.4, -0.2) is 57.8 Å². The predicted octanol–water partition coefficient (Wildman–Crippen LogP) is 1.24. The molecule has 0 aliphatic carbocycles. The first-order valence-electron chi connectivity index (χ1n) is 8.97. The highest BCUT2D eigenvalue weighted by molar-refractivity contribution is 5.94. The van der Waals surface area contributed by atoms with Crippen LogP contribution in [0.15, 0.2) is 30.7 Å². The summed E-state index contributed by atoms with van der Waals surface area (Å²) in [5, 5.41) is 7.39. The summed E-state index contributed by atoms with van der Waals surface area (Å²) in [6.45, 7) is 1.14. The molecule has 0 radical (unpaired) electrons. The summed E-state index contributed by atoms with van der Waals surface area (Å²) < 4.78 is 4.70. The molecule has 1 amide bonds. The van der Waals surface area contributed by atoms with Crippen molar-refractivity contribution in [2.75, 3.05) is 20.2 Å². The van der Waals surface area contributed by atoms with Crippen molar-refractivity contribution >= 4 is 17.7 Å². The van der Waals surface area contributed by atoms with Gasteiger partial charge in [-0.05, 0) is 30.9 Å². The third kappa shape index (κ3) is 4.48. The van der Waals surface area contributed by atoms with Gasteiger partial charge in [0.15, 0.2) is 0 Å². The van der Waals surface area contributed by atoms with E-state index in [0.29, 0.717) is 36.3 Å². The summed E-state index contributed by atoms with van der Waals surface area (Å²) in [6, 6.07) is 3.42. The van der Waals surface area contributed by atoms with Gasteiger partial charge in [-0.15, -0.1) is 0 Å². The SMILES string of the molecule is COC(=O)CC1CCN(C(=O)c2ncc(-c3ccc(C(=N)N)cn3)cn2)CC1. The molecule has 0 saturated carbocycles. The first-order chi connectivity index (χ1) is 13.5. The van der Waals surface area contributed by atoms with Gasteiger partial charge < -0.3 is 15.4 Å².